The van der Waals surface area contributed by atoms with E-state index in [1.54, 1.807) is 48.5 Å². The number of aromatic nitrogens is 2. The second kappa shape index (κ2) is 9.18. The van der Waals surface area contributed by atoms with E-state index in [0.717, 1.165) is 5.56 Å². The van der Waals surface area contributed by atoms with Crippen LogP contribution in [-0.4, -0.2) is 27.2 Å². The quantitative estimate of drug-likeness (QED) is 0.353. The third-order valence-corrected chi connectivity index (χ3v) is 4.76. The van der Waals surface area contributed by atoms with Gasteiger partial charge in [-0.1, -0.05) is 24.8 Å². The number of phenols is 1. The van der Waals surface area contributed by atoms with Crippen LogP contribution in [0.4, 0.5) is 0 Å². The summed E-state index contributed by atoms with van der Waals surface area (Å²) < 4.78 is 12.3. The summed E-state index contributed by atoms with van der Waals surface area (Å²) >= 11 is 0. The van der Waals surface area contributed by atoms with Crippen molar-refractivity contribution in [2.45, 2.75) is 6.61 Å². The van der Waals surface area contributed by atoms with Crippen molar-refractivity contribution in [1.82, 2.24) is 9.55 Å². The van der Waals surface area contributed by atoms with Crippen molar-refractivity contribution < 1.29 is 19.4 Å². The Morgan fingerprint density at radius 1 is 1.09 bits per heavy atom. The molecule has 32 heavy (non-hydrogen) atoms. The third-order valence-electron chi connectivity index (χ3n) is 4.76. The highest BCUT2D eigenvalue weighted by molar-refractivity contribution is 5.89. The fraction of sp³-hybridized carbons (Fsp3) is 0.0800. The lowest BCUT2D eigenvalue weighted by Crippen LogP contribution is -2.18. The average Bonchev–Trinajstić information content (AvgIpc) is 2.82. The van der Waals surface area contributed by atoms with Crippen LogP contribution in [-0.2, 0) is 11.3 Å². The van der Waals surface area contributed by atoms with E-state index in [1.165, 1.54) is 29.1 Å². The van der Waals surface area contributed by atoms with Crippen LogP contribution in [0, 0.1) is 0 Å². The van der Waals surface area contributed by atoms with Gasteiger partial charge < -0.3 is 14.6 Å². The molecule has 0 saturated heterocycles. The van der Waals surface area contributed by atoms with E-state index in [9.17, 15) is 14.7 Å². The standard InChI is InChI=1S/C25H20N2O5/c1-2-12-31-25(30)18-5-3-4-17(13-18)15-32-21-10-11-22-23(14-21)26-16-27(24(22)29)19-6-8-20(28)9-7-19/h2-11,13-14,16,28H,1,12,15H2. The molecule has 0 atom stereocenters. The van der Waals surface area contributed by atoms with Crippen molar-refractivity contribution in [2.75, 3.05) is 6.61 Å². The van der Waals surface area contributed by atoms with Crippen molar-refractivity contribution in [2.24, 2.45) is 0 Å². The smallest absolute Gasteiger partial charge is 0.338 e. The predicted octanol–water partition coefficient (Wildman–Crippen LogP) is 4.01. The Kier molecular flexibility index (Phi) is 5.98. The Balaban J connectivity index is 1.52. The minimum atomic E-state index is -0.424. The second-order valence-corrected chi connectivity index (χ2v) is 6.99. The van der Waals surface area contributed by atoms with E-state index in [0.29, 0.717) is 27.9 Å². The lowest BCUT2D eigenvalue weighted by atomic mass is 10.1. The molecule has 0 saturated carbocycles. The van der Waals surface area contributed by atoms with Crippen LogP contribution in [0.25, 0.3) is 16.6 Å². The molecule has 0 amide bonds. The normalized spacial score (nSPS) is 10.6. The minimum Gasteiger partial charge on any atom is -0.508 e. The number of aromatic hydroxyl groups is 1. The highest BCUT2D eigenvalue weighted by atomic mass is 16.5. The summed E-state index contributed by atoms with van der Waals surface area (Å²) in [6.07, 6.45) is 2.96. The Hall–Kier alpha value is -4.39. The van der Waals surface area contributed by atoms with E-state index >= 15 is 0 Å². The Morgan fingerprint density at radius 2 is 1.91 bits per heavy atom. The van der Waals surface area contributed by atoms with Gasteiger partial charge in [0.05, 0.1) is 22.2 Å². The van der Waals surface area contributed by atoms with Crippen LogP contribution in [0.5, 0.6) is 11.5 Å². The molecule has 7 heteroatoms. The van der Waals surface area contributed by atoms with Gasteiger partial charge >= 0.3 is 5.97 Å². The maximum Gasteiger partial charge on any atom is 0.338 e. The van der Waals surface area contributed by atoms with E-state index in [2.05, 4.69) is 11.6 Å². The fourth-order valence-electron chi connectivity index (χ4n) is 3.16. The van der Waals surface area contributed by atoms with Gasteiger partial charge in [0, 0.05) is 6.07 Å². The number of fused-ring (bicyclic) bond motifs is 1. The molecule has 4 rings (SSSR count). The molecule has 3 aromatic carbocycles. The Morgan fingerprint density at radius 3 is 2.69 bits per heavy atom. The zero-order valence-electron chi connectivity index (χ0n) is 17.1. The second-order valence-electron chi connectivity index (χ2n) is 6.99. The monoisotopic (exact) mass is 428 g/mol. The molecular weight excluding hydrogens is 408 g/mol. The zero-order valence-corrected chi connectivity index (χ0v) is 17.1. The largest absolute Gasteiger partial charge is 0.508 e. The Bertz CT molecular complexity index is 1340. The molecule has 0 bridgehead atoms. The van der Waals surface area contributed by atoms with E-state index < -0.39 is 5.97 Å². The number of hydrogen-bond donors (Lipinski definition) is 1. The SMILES string of the molecule is C=CCOC(=O)c1cccc(COc2ccc3c(=O)n(-c4ccc(O)cc4)cnc3c2)c1. The molecular formula is C25H20N2O5. The van der Waals surface area contributed by atoms with Gasteiger partial charge in [0.1, 0.15) is 31.0 Å². The number of rotatable bonds is 7. The maximum atomic E-state index is 12.9. The van der Waals surface area contributed by atoms with Crippen molar-refractivity contribution in [1.29, 1.82) is 0 Å². The summed E-state index contributed by atoms with van der Waals surface area (Å²) in [5.41, 5.74) is 2.12. The average molecular weight is 428 g/mol. The highest BCUT2D eigenvalue weighted by Crippen LogP contribution is 2.20. The number of benzene rings is 3. The molecule has 1 heterocycles. The zero-order chi connectivity index (χ0) is 22.5. The first kappa shape index (κ1) is 20.9. The first-order valence-corrected chi connectivity index (χ1v) is 9.86. The first-order valence-electron chi connectivity index (χ1n) is 9.86. The van der Waals surface area contributed by atoms with E-state index in [-0.39, 0.29) is 24.5 Å². The summed E-state index contributed by atoms with van der Waals surface area (Å²) in [5, 5.41) is 9.89. The van der Waals surface area contributed by atoms with Crippen LogP contribution in [0.3, 0.4) is 0 Å². The van der Waals surface area contributed by atoms with Crippen LogP contribution in [0.15, 0.2) is 90.5 Å². The first-order chi connectivity index (χ1) is 15.5. The van der Waals surface area contributed by atoms with Crippen LogP contribution >= 0.6 is 0 Å². The number of carbonyl (C=O) groups is 1. The van der Waals surface area contributed by atoms with Gasteiger partial charge in [0.25, 0.3) is 5.56 Å². The number of esters is 1. The van der Waals surface area contributed by atoms with Crippen molar-refractivity contribution in [3.05, 3.63) is 107 Å². The molecule has 1 N–H and O–H groups in total. The molecule has 7 nitrogen and oxygen atoms in total. The van der Waals surface area contributed by atoms with Gasteiger partial charge in [-0.15, -0.1) is 0 Å². The minimum absolute atomic E-state index is 0.122. The number of nitrogens with zero attached hydrogens (tertiary/aromatic N) is 2. The topological polar surface area (TPSA) is 90.7 Å². The molecule has 0 aliphatic carbocycles. The molecule has 4 aromatic rings. The summed E-state index contributed by atoms with van der Waals surface area (Å²) in [6, 6.07) is 18.4. The molecule has 160 valence electrons. The maximum absolute atomic E-state index is 12.9. The number of carbonyl (C=O) groups excluding carboxylic acids is 1. The number of ether oxygens (including phenoxy) is 2. The van der Waals surface area contributed by atoms with Crippen molar-refractivity contribution >= 4 is 16.9 Å². The van der Waals surface area contributed by atoms with Crippen LogP contribution in [0.1, 0.15) is 15.9 Å². The lowest BCUT2D eigenvalue weighted by Gasteiger charge is -2.10. The van der Waals surface area contributed by atoms with E-state index in [4.69, 9.17) is 9.47 Å². The van der Waals surface area contributed by atoms with Gasteiger partial charge in [-0.2, -0.15) is 0 Å². The molecule has 0 unspecified atom stereocenters. The van der Waals surface area contributed by atoms with Gasteiger partial charge in [-0.3, -0.25) is 9.36 Å². The summed E-state index contributed by atoms with van der Waals surface area (Å²) in [5.74, 6) is 0.245. The van der Waals surface area contributed by atoms with Crippen molar-refractivity contribution in [3.63, 3.8) is 0 Å². The predicted molar refractivity (Wildman–Crippen MR) is 120 cm³/mol. The summed E-state index contributed by atoms with van der Waals surface area (Å²) in [6.45, 7) is 3.91. The van der Waals surface area contributed by atoms with E-state index in [1.807, 2.05) is 6.07 Å². The molecule has 0 fully saturated rings. The molecule has 1 aromatic heterocycles. The van der Waals surface area contributed by atoms with Gasteiger partial charge in [-0.05, 0) is 54.1 Å². The number of phenolic OH excluding ortho intramolecular Hbond substituents is 1. The molecule has 0 aliphatic rings. The Labute approximate surface area is 183 Å². The molecule has 0 spiro atoms. The van der Waals surface area contributed by atoms with Gasteiger partial charge in [-0.25, -0.2) is 9.78 Å². The van der Waals surface area contributed by atoms with Crippen molar-refractivity contribution in [3.8, 4) is 17.2 Å². The summed E-state index contributed by atoms with van der Waals surface area (Å²) in [4.78, 5) is 29.2. The third kappa shape index (κ3) is 4.52. The van der Waals surface area contributed by atoms with Crippen LogP contribution < -0.4 is 10.3 Å². The summed E-state index contributed by atoms with van der Waals surface area (Å²) in [7, 11) is 0. The van der Waals surface area contributed by atoms with Gasteiger partial charge in [0.2, 0.25) is 0 Å². The highest BCUT2D eigenvalue weighted by Gasteiger charge is 2.09. The van der Waals surface area contributed by atoms with Gasteiger partial charge in [0.15, 0.2) is 0 Å². The lowest BCUT2D eigenvalue weighted by molar-refractivity contribution is 0.0549. The van der Waals surface area contributed by atoms with Crippen LogP contribution in [0.2, 0.25) is 0 Å². The molecule has 0 radical (unpaired) electrons. The molecule has 0 aliphatic heterocycles. The fourth-order valence-corrected chi connectivity index (χ4v) is 3.16. The number of hydrogen-bond acceptors (Lipinski definition) is 6.